The molecule has 1 saturated heterocycles. The maximum absolute atomic E-state index is 12.2. The van der Waals surface area contributed by atoms with Crippen molar-refractivity contribution in [2.45, 2.75) is 45.5 Å². The summed E-state index contributed by atoms with van der Waals surface area (Å²) in [6.07, 6.45) is 2.38. The fourth-order valence-corrected chi connectivity index (χ4v) is 4.88. The third-order valence-electron chi connectivity index (χ3n) is 4.67. The van der Waals surface area contributed by atoms with E-state index in [2.05, 4.69) is 31.2 Å². The summed E-state index contributed by atoms with van der Waals surface area (Å²) in [5.41, 5.74) is 0.960. The van der Waals surface area contributed by atoms with Crippen LogP contribution in [0.5, 0.6) is 0 Å². The number of carbonyl (C=O) groups is 1. The van der Waals surface area contributed by atoms with Crippen molar-refractivity contribution in [2.75, 3.05) is 18.9 Å². The molecule has 1 aliphatic heterocycles. The Balaban J connectivity index is 1.39. The SMILES string of the molecule is CC(C)(C)C1OCCCC1CNC(=O)CSCc1cc(-c2cccs2)on1. The minimum Gasteiger partial charge on any atom is -0.377 e. The van der Waals surface area contributed by atoms with Crippen LogP contribution < -0.4 is 5.32 Å². The quantitative estimate of drug-likeness (QED) is 0.726. The molecule has 1 amide bonds. The molecule has 2 atom stereocenters. The molecule has 3 heterocycles. The molecule has 0 saturated carbocycles. The highest BCUT2D eigenvalue weighted by Crippen LogP contribution is 2.33. The topological polar surface area (TPSA) is 64.4 Å². The molecule has 3 rings (SSSR count). The number of ether oxygens (including phenoxy) is 1. The molecule has 5 nitrogen and oxygen atoms in total. The molecule has 1 N–H and O–H groups in total. The van der Waals surface area contributed by atoms with E-state index in [1.807, 2.05) is 23.6 Å². The summed E-state index contributed by atoms with van der Waals surface area (Å²) in [6.45, 7) is 8.13. The van der Waals surface area contributed by atoms with Gasteiger partial charge in [-0.2, -0.15) is 0 Å². The van der Waals surface area contributed by atoms with E-state index in [4.69, 9.17) is 9.26 Å². The normalized spacial score (nSPS) is 20.6. The lowest BCUT2D eigenvalue weighted by molar-refractivity contribution is -0.120. The lowest BCUT2D eigenvalue weighted by Gasteiger charge is -2.40. The fraction of sp³-hybridized carbons (Fsp3) is 0.600. The van der Waals surface area contributed by atoms with E-state index in [1.54, 1.807) is 23.1 Å². The maximum atomic E-state index is 12.2. The number of rotatable bonds is 7. The molecule has 0 aromatic carbocycles. The standard InChI is InChI=1S/C20H28N2O3S2/c1-20(2,3)19-14(6-4-8-24-19)11-21-18(23)13-26-12-15-10-16(25-22-15)17-7-5-9-27-17/h5,7,9-10,14,19H,4,6,8,11-13H2,1-3H3,(H,21,23). The van der Waals surface area contributed by atoms with Gasteiger partial charge in [0.1, 0.15) is 0 Å². The fourth-order valence-electron chi connectivity index (χ4n) is 3.47. The van der Waals surface area contributed by atoms with Gasteiger partial charge in [0, 0.05) is 30.9 Å². The van der Waals surface area contributed by atoms with Gasteiger partial charge in [0.25, 0.3) is 0 Å². The number of hydrogen-bond acceptors (Lipinski definition) is 6. The molecule has 2 aromatic heterocycles. The van der Waals surface area contributed by atoms with E-state index < -0.39 is 0 Å². The molecule has 1 fully saturated rings. The Bertz CT molecular complexity index is 722. The summed E-state index contributed by atoms with van der Waals surface area (Å²) in [6, 6.07) is 5.95. The van der Waals surface area contributed by atoms with E-state index in [9.17, 15) is 4.79 Å². The highest BCUT2D eigenvalue weighted by Gasteiger charge is 2.35. The van der Waals surface area contributed by atoms with Gasteiger partial charge in [-0.15, -0.1) is 23.1 Å². The largest absolute Gasteiger partial charge is 0.377 e. The smallest absolute Gasteiger partial charge is 0.230 e. The van der Waals surface area contributed by atoms with E-state index in [1.165, 1.54) is 0 Å². The highest BCUT2D eigenvalue weighted by atomic mass is 32.2. The van der Waals surface area contributed by atoms with Gasteiger partial charge in [-0.1, -0.05) is 32.0 Å². The molecule has 7 heteroatoms. The van der Waals surface area contributed by atoms with Gasteiger partial charge in [-0.05, 0) is 29.7 Å². The number of thioether (sulfide) groups is 1. The molecule has 0 bridgehead atoms. The van der Waals surface area contributed by atoms with Crippen LogP contribution in [0.25, 0.3) is 10.6 Å². The lowest BCUT2D eigenvalue weighted by Crippen LogP contribution is -2.45. The van der Waals surface area contributed by atoms with Gasteiger partial charge >= 0.3 is 0 Å². The highest BCUT2D eigenvalue weighted by molar-refractivity contribution is 7.99. The predicted octanol–water partition coefficient (Wildman–Crippen LogP) is 4.59. The van der Waals surface area contributed by atoms with E-state index in [0.717, 1.165) is 35.8 Å². The molecule has 0 radical (unpaired) electrons. The summed E-state index contributed by atoms with van der Waals surface area (Å²) in [5.74, 6) is 2.33. The number of aromatic nitrogens is 1. The number of carbonyl (C=O) groups excluding carboxylic acids is 1. The molecule has 27 heavy (non-hydrogen) atoms. The van der Waals surface area contributed by atoms with Gasteiger partial charge in [0.15, 0.2) is 5.76 Å². The molecule has 2 aromatic rings. The predicted molar refractivity (Wildman–Crippen MR) is 111 cm³/mol. The van der Waals surface area contributed by atoms with Gasteiger partial charge in [-0.25, -0.2) is 0 Å². The molecule has 1 aliphatic rings. The molecule has 0 aliphatic carbocycles. The number of amides is 1. The van der Waals surface area contributed by atoms with Gasteiger partial charge in [0.05, 0.1) is 22.4 Å². The molecule has 0 spiro atoms. The first-order chi connectivity index (χ1) is 12.9. The van der Waals surface area contributed by atoms with Crippen molar-refractivity contribution in [1.29, 1.82) is 0 Å². The Morgan fingerprint density at radius 2 is 2.30 bits per heavy atom. The van der Waals surface area contributed by atoms with Crippen molar-refractivity contribution in [3.63, 3.8) is 0 Å². The van der Waals surface area contributed by atoms with Crippen LogP contribution in [0, 0.1) is 11.3 Å². The van der Waals surface area contributed by atoms with Gasteiger partial charge < -0.3 is 14.6 Å². The van der Waals surface area contributed by atoms with Crippen LogP contribution >= 0.6 is 23.1 Å². The maximum Gasteiger partial charge on any atom is 0.230 e. The van der Waals surface area contributed by atoms with E-state index in [0.29, 0.717) is 24.0 Å². The first-order valence-electron chi connectivity index (χ1n) is 9.39. The molecular weight excluding hydrogens is 380 g/mol. The Labute approximate surface area is 169 Å². The van der Waals surface area contributed by atoms with Crippen molar-refractivity contribution in [1.82, 2.24) is 10.5 Å². The van der Waals surface area contributed by atoms with Crippen molar-refractivity contribution in [2.24, 2.45) is 11.3 Å². The molecule has 2 unspecified atom stereocenters. The van der Waals surface area contributed by atoms with Crippen molar-refractivity contribution in [3.05, 3.63) is 29.3 Å². The van der Waals surface area contributed by atoms with Crippen LogP contribution in [0.3, 0.4) is 0 Å². The minimum atomic E-state index is 0.0696. The number of nitrogens with one attached hydrogen (secondary N) is 1. The number of thiophene rings is 1. The second-order valence-electron chi connectivity index (χ2n) is 8.02. The van der Waals surface area contributed by atoms with Crippen molar-refractivity contribution >= 4 is 29.0 Å². The summed E-state index contributed by atoms with van der Waals surface area (Å²) >= 11 is 3.18. The minimum absolute atomic E-state index is 0.0696. The van der Waals surface area contributed by atoms with Crippen LogP contribution in [0.15, 0.2) is 28.1 Å². The van der Waals surface area contributed by atoms with Crippen LogP contribution in [0.1, 0.15) is 39.3 Å². The van der Waals surface area contributed by atoms with Crippen LogP contribution in [0.4, 0.5) is 0 Å². The zero-order chi connectivity index (χ0) is 19.3. The monoisotopic (exact) mass is 408 g/mol. The first kappa shape index (κ1) is 20.4. The van der Waals surface area contributed by atoms with Crippen molar-refractivity contribution < 1.29 is 14.1 Å². The van der Waals surface area contributed by atoms with E-state index >= 15 is 0 Å². The third kappa shape index (κ3) is 5.83. The average molecular weight is 409 g/mol. The Kier molecular flexibility index (Phi) is 7.00. The number of nitrogens with zero attached hydrogens (tertiary/aromatic N) is 1. The van der Waals surface area contributed by atoms with Crippen LogP contribution in [-0.4, -0.2) is 36.1 Å². The second kappa shape index (κ2) is 9.26. The Morgan fingerprint density at radius 3 is 3.04 bits per heavy atom. The van der Waals surface area contributed by atoms with Crippen LogP contribution in [0.2, 0.25) is 0 Å². The summed E-state index contributed by atoms with van der Waals surface area (Å²) < 4.78 is 11.4. The first-order valence-corrected chi connectivity index (χ1v) is 11.4. The van der Waals surface area contributed by atoms with Gasteiger partial charge in [0.2, 0.25) is 5.91 Å². The Morgan fingerprint density at radius 1 is 1.44 bits per heavy atom. The van der Waals surface area contributed by atoms with Crippen molar-refractivity contribution in [3.8, 4) is 10.6 Å². The average Bonchev–Trinajstić information content (AvgIpc) is 3.31. The van der Waals surface area contributed by atoms with E-state index in [-0.39, 0.29) is 17.4 Å². The zero-order valence-corrected chi connectivity index (χ0v) is 17.8. The third-order valence-corrected chi connectivity index (χ3v) is 6.52. The summed E-state index contributed by atoms with van der Waals surface area (Å²) in [5, 5.41) is 9.19. The summed E-state index contributed by atoms with van der Waals surface area (Å²) in [4.78, 5) is 13.3. The lowest BCUT2D eigenvalue weighted by atomic mass is 9.78. The number of hydrogen-bond donors (Lipinski definition) is 1. The summed E-state index contributed by atoms with van der Waals surface area (Å²) in [7, 11) is 0. The second-order valence-corrected chi connectivity index (χ2v) is 9.95. The van der Waals surface area contributed by atoms with Gasteiger partial charge in [-0.3, -0.25) is 4.79 Å². The molecular formula is C20H28N2O3S2. The Hall–Kier alpha value is -1.31. The van der Waals surface area contributed by atoms with Crippen LogP contribution in [-0.2, 0) is 15.3 Å². The zero-order valence-electron chi connectivity index (χ0n) is 16.2. The molecule has 148 valence electrons.